The molecule has 2 rings (SSSR count). The number of rotatable bonds is 4. The number of thioether (sulfide) groups is 1. The second-order valence-electron chi connectivity index (χ2n) is 4.00. The van der Waals surface area contributed by atoms with Crippen molar-refractivity contribution >= 4 is 23.4 Å². The fourth-order valence-corrected chi connectivity index (χ4v) is 2.36. The van der Waals surface area contributed by atoms with E-state index in [1.807, 2.05) is 19.1 Å². The first-order chi connectivity index (χ1) is 8.19. The van der Waals surface area contributed by atoms with Gasteiger partial charge < -0.3 is 10.1 Å². The highest BCUT2D eigenvalue weighted by Gasteiger charge is 2.31. The third-order valence-corrected chi connectivity index (χ3v) is 3.36. The highest BCUT2D eigenvalue weighted by Crippen LogP contribution is 2.21. The molecule has 1 aromatic heterocycles. The Bertz CT molecular complexity index is 394. The Hall–Kier alpha value is -1.23. The van der Waals surface area contributed by atoms with Crippen LogP contribution in [-0.2, 0) is 9.53 Å². The molecule has 2 atom stereocenters. The Morgan fingerprint density at radius 1 is 1.59 bits per heavy atom. The maximum atomic E-state index is 11.4. The van der Waals surface area contributed by atoms with E-state index in [9.17, 15) is 4.79 Å². The van der Waals surface area contributed by atoms with E-state index in [2.05, 4.69) is 17.2 Å². The monoisotopic (exact) mass is 252 g/mol. The summed E-state index contributed by atoms with van der Waals surface area (Å²) < 4.78 is 5.08. The van der Waals surface area contributed by atoms with Gasteiger partial charge in [0.15, 0.2) is 0 Å². The molecule has 1 aliphatic rings. The van der Waals surface area contributed by atoms with Crippen molar-refractivity contribution < 1.29 is 9.53 Å². The van der Waals surface area contributed by atoms with E-state index < -0.39 is 0 Å². The van der Waals surface area contributed by atoms with Gasteiger partial charge in [-0.2, -0.15) is 0 Å². The van der Waals surface area contributed by atoms with E-state index >= 15 is 0 Å². The van der Waals surface area contributed by atoms with Gasteiger partial charge in [-0.25, -0.2) is 9.78 Å². The summed E-state index contributed by atoms with van der Waals surface area (Å²) in [5, 5.41) is 4.14. The van der Waals surface area contributed by atoms with Crippen LogP contribution in [0.5, 0.6) is 0 Å². The van der Waals surface area contributed by atoms with Gasteiger partial charge in [-0.05, 0) is 24.8 Å². The fraction of sp³-hybridized carbons (Fsp3) is 0.500. The summed E-state index contributed by atoms with van der Waals surface area (Å²) in [5.41, 5.74) is 0.863. The number of nitrogens with one attached hydrogen (secondary N) is 1. The first kappa shape index (κ1) is 12.2. The molecular formula is C12H16N2O2S. The number of carbonyl (C=O) groups is 1. The molecule has 5 heteroatoms. The van der Waals surface area contributed by atoms with Crippen molar-refractivity contribution in [3.05, 3.63) is 18.3 Å². The molecule has 1 saturated heterocycles. The van der Waals surface area contributed by atoms with Gasteiger partial charge in [-0.3, -0.25) is 0 Å². The van der Waals surface area contributed by atoms with Gasteiger partial charge in [0.1, 0.15) is 12.1 Å². The highest BCUT2D eigenvalue weighted by molar-refractivity contribution is 7.99. The Kier molecular flexibility index (Phi) is 3.89. The molecule has 0 aliphatic carbocycles. The van der Waals surface area contributed by atoms with E-state index in [-0.39, 0.29) is 18.1 Å². The zero-order chi connectivity index (χ0) is 12.3. The van der Waals surface area contributed by atoms with Crippen LogP contribution in [0.1, 0.15) is 20.3 Å². The summed E-state index contributed by atoms with van der Waals surface area (Å²) in [7, 11) is 0. The van der Waals surface area contributed by atoms with Crippen LogP contribution in [0, 0.1) is 0 Å². The molecule has 1 aliphatic heterocycles. The second-order valence-corrected chi connectivity index (χ2v) is 5.28. The number of nitrogens with zero attached hydrogens (tertiary/aromatic N) is 1. The maximum Gasteiger partial charge on any atom is 0.328 e. The molecule has 0 bridgehead atoms. The maximum absolute atomic E-state index is 11.4. The largest absolute Gasteiger partial charge is 0.461 e. The van der Waals surface area contributed by atoms with Gasteiger partial charge in [0, 0.05) is 6.42 Å². The predicted molar refractivity (Wildman–Crippen MR) is 68.2 cm³/mol. The number of esters is 1. The molecule has 0 spiro atoms. The lowest BCUT2D eigenvalue weighted by Crippen LogP contribution is -2.24. The predicted octanol–water partition coefficient (Wildman–Crippen LogP) is 2.31. The van der Waals surface area contributed by atoms with E-state index in [0.717, 1.165) is 16.5 Å². The lowest BCUT2D eigenvalue weighted by atomic mass is 10.2. The molecule has 1 fully saturated rings. The summed E-state index contributed by atoms with van der Waals surface area (Å²) in [5.74, 6) is 0.830. The summed E-state index contributed by atoms with van der Waals surface area (Å²) in [6.07, 6.45) is 2.47. The smallest absolute Gasteiger partial charge is 0.328 e. The van der Waals surface area contributed by atoms with Crippen molar-refractivity contribution in [2.45, 2.75) is 37.4 Å². The number of cyclic esters (lactones) is 1. The zero-order valence-electron chi connectivity index (χ0n) is 9.97. The highest BCUT2D eigenvalue weighted by atomic mass is 32.2. The summed E-state index contributed by atoms with van der Waals surface area (Å²) in [4.78, 5) is 15.8. The number of carbonyl (C=O) groups excluding carboxylic acids is 1. The topological polar surface area (TPSA) is 51.2 Å². The number of aromatic nitrogens is 1. The molecule has 2 heterocycles. The van der Waals surface area contributed by atoms with Crippen molar-refractivity contribution in [3.63, 3.8) is 0 Å². The molecule has 4 nitrogen and oxygen atoms in total. The van der Waals surface area contributed by atoms with Crippen LogP contribution in [0.4, 0.5) is 5.69 Å². The third-order valence-electron chi connectivity index (χ3n) is 2.54. The first-order valence-corrected chi connectivity index (χ1v) is 6.73. The van der Waals surface area contributed by atoms with Gasteiger partial charge in [-0.15, -0.1) is 11.8 Å². The van der Waals surface area contributed by atoms with Gasteiger partial charge in [0.05, 0.1) is 16.9 Å². The van der Waals surface area contributed by atoms with Crippen molar-refractivity contribution in [1.82, 2.24) is 4.98 Å². The molecule has 2 unspecified atom stereocenters. The minimum Gasteiger partial charge on any atom is -0.461 e. The Balaban J connectivity index is 1.97. The van der Waals surface area contributed by atoms with Crippen LogP contribution >= 0.6 is 11.8 Å². The molecule has 0 amide bonds. The number of hydrogen-bond donors (Lipinski definition) is 1. The van der Waals surface area contributed by atoms with E-state index in [1.165, 1.54) is 0 Å². The SMILES string of the molecule is CCSc1ccc(NC2CC(C)OC2=O)cn1. The normalized spacial score (nSPS) is 23.5. The van der Waals surface area contributed by atoms with Crippen LogP contribution in [0.25, 0.3) is 0 Å². The van der Waals surface area contributed by atoms with Gasteiger partial charge >= 0.3 is 5.97 Å². The number of pyridine rings is 1. The lowest BCUT2D eigenvalue weighted by molar-refractivity contribution is -0.141. The summed E-state index contributed by atoms with van der Waals surface area (Å²) >= 11 is 1.70. The van der Waals surface area contributed by atoms with Crippen LogP contribution in [0.3, 0.4) is 0 Å². The van der Waals surface area contributed by atoms with Crippen LogP contribution in [0.2, 0.25) is 0 Å². The van der Waals surface area contributed by atoms with Gasteiger partial charge in [0.2, 0.25) is 0 Å². The number of ether oxygens (including phenoxy) is 1. The average molecular weight is 252 g/mol. The first-order valence-electron chi connectivity index (χ1n) is 5.75. The Morgan fingerprint density at radius 3 is 2.94 bits per heavy atom. The minimum absolute atomic E-state index is 0.00267. The van der Waals surface area contributed by atoms with Crippen LogP contribution in [0.15, 0.2) is 23.4 Å². The van der Waals surface area contributed by atoms with Gasteiger partial charge in [0.25, 0.3) is 0 Å². The van der Waals surface area contributed by atoms with Crippen molar-refractivity contribution in [1.29, 1.82) is 0 Å². The fourth-order valence-electron chi connectivity index (χ4n) is 1.77. The molecular weight excluding hydrogens is 236 g/mol. The molecule has 0 saturated carbocycles. The molecule has 17 heavy (non-hydrogen) atoms. The van der Waals surface area contributed by atoms with E-state index in [4.69, 9.17) is 4.74 Å². The summed E-state index contributed by atoms with van der Waals surface area (Å²) in [6, 6.07) is 3.66. The second kappa shape index (κ2) is 5.40. The molecule has 92 valence electrons. The molecule has 0 aromatic carbocycles. The van der Waals surface area contributed by atoms with Gasteiger partial charge in [-0.1, -0.05) is 6.92 Å². The number of anilines is 1. The van der Waals surface area contributed by atoms with Crippen molar-refractivity contribution in [2.24, 2.45) is 0 Å². The standard InChI is InChI=1S/C12H16N2O2S/c1-3-17-11-5-4-9(7-13-11)14-10-6-8(2)16-12(10)15/h4-5,7-8,10,14H,3,6H2,1-2H3. The average Bonchev–Trinajstić information content (AvgIpc) is 2.61. The molecule has 1 aromatic rings. The lowest BCUT2D eigenvalue weighted by Gasteiger charge is -2.10. The van der Waals surface area contributed by atoms with Crippen LogP contribution in [-0.4, -0.2) is 28.9 Å². The van der Waals surface area contributed by atoms with Crippen LogP contribution < -0.4 is 5.32 Å². The van der Waals surface area contributed by atoms with Crippen molar-refractivity contribution in [2.75, 3.05) is 11.1 Å². The summed E-state index contributed by atoms with van der Waals surface area (Å²) in [6.45, 7) is 3.99. The Morgan fingerprint density at radius 2 is 2.41 bits per heavy atom. The quantitative estimate of drug-likeness (QED) is 0.658. The molecule has 1 N–H and O–H groups in total. The zero-order valence-corrected chi connectivity index (χ0v) is 10.8. The number of hydrogen-bond acceptors (Lipinski definition) is 5. The third kappa shape index (κ3) is 3.12. The van der Waals surface area contributed by atoms with Crippen molar-refractivity contribution in [3.8, 4) is 0 Å². The van der Waals surface area contributed by atoms with E-state index in [0.29, 0.717) is 6.42 Å². The van der Waals surface area contributed by atoms with E-state index in [1.54, 1.807) is 18.0 Å². The Labute approximate surface area is 105 Å². The molecule has 0 radical (unpaired) electrons. The minimum atomic E-state index is -0.239.